The predicted octanol–water partition coefficient (Wildman–Crippen LogP) is 1.34. The summed E-state index contributed by atoms with van der Waals surface area (Å²) in [6.07, 6.45) is 1.71. The predicted molar refractivity (Wildman–Crippen MR) is 68.9 cm³/mol. The van der Waals surface area contributed by atoms with Crippen LogP contribution in [0.3, 0.4) is 0 Å². The molecule has 1 amide bonds. The van der Waals surface area contributed by atoms with E-state index in [4.69, 9.17) is 4.74 Å². The van der Waals surface area contributed by atoms with Crippen molar-refractivity contribution in [1.29, 1.82) is 0 Å². The zero-order valence-electron chi connectivity index (χ0n) is 10.4. The van der Waals surface area contributed by atoms with Crippen LogP contribution in [0.25, 0.3) is 0 Å². The highest BCUT2D eigenvalue weighted by Gasteiger charge is 2.21. The Bertz CT molecular complexity index is 428. The number of carbonyl (C=O) groups is 1. The van der Waals surface area contributed by atoms with Gasteiger partial charge in [0.1, 0.15) is 0 Å². The van der Waals surface area contributed by atoms with E-state index in [2.05, 4.69) is 10.6 Å². The molecule has 1 saturated heterocycles. The SMILES string of the molecule is COc1ccc(NC(=O)C2CCNCC2)cc1O. The average molecular weight is 250 g/mol. The first-order valence-corrected chi connectivity index (χ1v) is 6.09. The fourth-order valence-corrected chi connectivity index (χ4v) is 2.10. The third-order valence-corrected chi connectivity index (χ3v) is 3.16. The molecule has 0 atom stereocenters. The van der Waals surface area contributed by atoms with Gasteiger partial charge < -0.3 is 20.5 Å². The Kier molecular flexibility index (Phi) is 4.04. The summed E-state index contributed by atoms with van der Waals surface area (Å²) in [5.74, 6) is 0.493. The molecule has 1 aromatic rings. The van der Waals surface area contributed by atoms with E-state index >= 15 is 0 Å². The molecule has 1 aliphatic rings. The fraction of sp³-hybridized carbons (Fsp3) is 0.462. The quantitative estimate of drug-likeness (QED) is 0.757. The molecule has 1 heterocycles. The number of aromatic hydroxyl groups is 1. The largest absolute Gasteiger partial charge is 0.504 e. The summed E-state index contributed by atoms with van der Waals surface area (Å²) in [7, 11) is 1.49. The summed E-state index contributed by atoms with van der Waals surface area (Å²) >= 11 is 0. The summed E-state index contributed by atoms with van der Waals surface area (Å²) in [5.41, 5.74) is 0.594. The van der Waals surface area contributed by atoms with Crippen molar-refractivity contribution >= 4 is 11.6 Å². The van der Waals surface area contributed by atoms with Crippen LogP contribution < -0.4 is 15.4 Å². The van der Waals surface area contributed by atoms with E-state index < -0.39 is 0 Å². The van der Waals surface area contributed by atoms with E-state index in [0.29, 0.717) is 11.4 Å². The minimum atomic E-state index is 0.0149. The lowest BCUT2D eigenvalue weighted by Crippen LogP contribution is -2.34. The summed E-state index contributed by atoms with van der Waals surface area (Å²) in [5, 5.41) is 15.7. The van der Waals surface area contributed by atoms with Gasteiger partial charge in [-0.15, -0.1) is 0 Å². The minimum Gasteiger partial charge on any atom is -0.504 e. The van der Waals surface area contributed by atoms with Crippen LogP contribution in [-0.2, 0) is 4.79 Å². The lowest BCUT2D eigenvalue weighted by molar-refractivity contribution is -0.120. The Morgan fingerprint density at radius 3 is 2.78 bits per heavy atom. The lowest BCUT2D eigenvalue weighted by atomic mass is 9.97. The molecule has 0 bridgehead atoms. The molecule has 5 heteroatoms. The first-order valence-electron chi connectivity index (χ1n) is 6.09. The van der Waals surface area contributed by atoms with E-state index in [1.807, 2.05) is 0 Å². The fourth-order valence-electron chi connectivity index (χ4n) is 2.10. The van der Waals surface area contributed by atoms with Crippen molar-refractivity contribution in [3.05, 3.63) is 18.2 Å². The Labute approximate surface area is 106 Å². The Morgan fingerprint density at radius 2 is 2.17 bits per heavy atom. The van der Waals surface area contributed by atoms with Crippen LogP contribution in [0, 0.1) is 5.92 Å². The summed E-state index contributed by atoms with van der Waals surface area (Å²) in [6, 6.07) is 4.85. The van der Waals surface area contributed by atoms with Crippen molar-refractivity contribution in [2.45, 2.75) is 12.8 Å². The van der Waals surface area contributed by atoms with Gasteiger partial charge in [0.2, 0.25) is 5.91 Å². The number of phenols is 1. The topological polar surface area (TPSA) is 70.6 Å². The van der Waals surface area contributed by atoms with Gasteiger partial charge in [0, 0.05) is 17.7 Å². The van der Waals surface area contributed by atoms with Gasteiger partial charge in [-0.3, -0.25) is 4.79 Å². The van der Waals surface area contributed by atoms with Crippen LogP contribution in [0.2, 0.25) is 0 Å². The molecule has 5 nitrogen and oxygen atoms in total. The zero-order chi connectivity index (χ0) is 13.0. The standard InChI is InChI=1S/C13H18N2O3/c1-18-12-3-2-10(8-11(12)16)15-13(17)9-4-6-14-7-5-9/h2-3,8-9,14,16H,4-7H2,1H3,(H,15,17). The second kappa shape index (κ2) is 5.73. The second-order valence-electron chi connectivity index (χ2n) is 4.40. The van der Waals surface area contributed by atoms with Crippen LogP contribution in [0.5, 0.6) is 11.5 Å². The van der Waals surface area contributed by atoms with Crippen LogP contribution >= 0.6 is 0 Å². The molecule has 18 heavy (non-hydrogen) atoms. The highest BCUT2D eigenvalue weighted by Crippen LogP contribution is 2.29. The number of rotatable bonds is 3. The van der Waals surface area contributed by atoms with Crippen molar-refractivity contribution < 1.29 is 14.6 Å². The minimum absolute atomic E-state index is 0.0149. The number of phenolic OH excluding ortho intramolecular Hbond substituents is 1. The molecular weight excluding hydrogens is 232 g/mol. The summed E-state index contributed by atoms with van der Waals surface area (Å²) in [6.45, 7) is 1.76. The first kappa shape index (κ1) is 12.7. The van der Waals surface area contributed by atoms with Gasteiger partial charge in [-0.2, -0.15) is 0 Å². The average Bonchev–Trinajstić information content (AvgIpc) is 2.40. The van der Waals surface area contributed by atoms with Crippen molar-refractivity contribution in [3.8, 4) is 11.5 Å². The van der Waals surface area contributed by atoms with Crippen molar-refractivity contribution in [1.82, 2.24) is 5.32 Å². The van der Waals surface area contributed by atoms with Gasteiger partial charge in [-0.05, 0) is 38.1 Å². The molecule has 0 aliphatic carbocycles. The number of piperidine rings is 1. The Hall–Kier alpha value is -1.75. The number of nitrogens with one attached hydrogen (secondary N) is 2. The van der Waals surface area contributed by atoms with Crippen molar-refractivity contribution in [3.63, 3.8) is 0 Å². The van der Waals surface area contributed by atoms with Gasteiger partial charge >= 0.3 is 0 Å². The lowest BCUT2D eigenvalue weighted by Gasteiger charge is -2.21. The van der Waals surface area contributed by atoms with E-state index in [1.54, 1.807) is 12.1 Å². The smallest absolute Gasteiger partial charge is 0.227 e. The zero-order valence-corrected chi connectivity index (χ0v) is 10.4. The molecule has 0 radical (unpaired) electrons. The number of methoxy groups -OCH3 is 1. The number of benzene rings is 1. The first-order chi connectivity index (χ1) is 8.70. The van der Waals surface area contributed by atoms with Gasteiger partial charge in [0.05, 0.1) is 7.11 Å². The molecule has 1 aliphatic heterocycles. The van der Waals surface area contributed by atoms with Gasteiger partial charge in [0.15, 0.2) is 11.5 Å². The van der Waals surface area contributed by atoms with Gasteiger partial charge in [0.25, 0.3) is 0 Å². The summed E-state index contributed by atoms with van der Waals surface area (Å²) in [4.78, 5) is 12.0. The van der Waals surface area contributed by atoms with Crippen LogP contribution in [0.1, 0.15) is 12.8 Å². The van der Waals surface area contributed by atoms with Gasteiger partial charge in [-0.1, -0.05) is 0 Å². The second-order valence-corrected chi connectivity index (χ2v) is 4.40. The Balaban J connectivity index is 2.00. The van der Waals surface area contributed by atoms with Crippen molar-refractivity contribution in [2.24, 2.45) is 5.92 Å². The molecule has 1 fully saturated rings. The maximum absolute atomic E-state index is 12.0. The molecule has 0 spiro atoms. The van der Waals surface area contributed by atoms with Gasteiger partial charge in [-0.25, -0.2) is 0 Å². The number of amides is 1. The molecule has 98 valence electrons. The molecule has 0 saturated carbocycles. The van der Waals surface area contributed by atoms with Crippen LogP contribution in [0.15, 0.2) is 18.2 Å². The van der Waals surface area contributed by atoms with Crippen molar-refractivity contribution in [2.75, 3.05) is 25.5 Å². The van der Waals surface area contributed by atoms with Crippen LogP contribution in [-0.4, -0.2) is 31.2 Å². The number of hydrogen-bond donors (Lipinski definition) is 3. The number of hydrogen-bond acceptors (Lipinski definition) is 4. The van der Waals surface area contributed by atoms with E-state index in [0.717, 1.165) is 25.9 Å². The molecule has 0 aromatic heterocycles. The number of anilines is 1. The van der Waals surface area contributed by atoms with Crippen LogP contribution in [0.4, 0.5) is 5.69 Å². The summed E-state index contributed by atoms with van der Waals surface area (Å²) < 4.78 is 4.95. The van der Waals surface area contributed by atoms with E-state index in [1.165, 1.54) is 13.2 Å². The number of ether oxygens (including phenoxy) is 1. The molecule has 3 N–H and O–H groups in total. The molecule has 2 rings (SSSR count). The Morgan fingerprint density at radius 1 is 1.44 bits per heavy atom. The van der Waals surface area contributed by atoms with E-state index in [9.17, 15) is 9.90 Å². The molecule has 0 unspecified atom stereocenters. The maximum atomic E-state index is 12.0. The third-order valence-electron chi connectivity index (χ3n) is 3.16. The highest BCUT2D eigenvalue weighted by molar-refractivity contribution is 5.92. The maximum Gasteiger partial charge on any atom is 0.227 e. The third kappa shape index (κ3) is 2.92. The van der Waals surface area contributed by atoms with E-state index in [-0.39, 0.29) is 17.6 Å². The number of carbonyl (C=O) groups excluding carboxylic acids is 1. The molecular formula is C13H18N2O3. The normalized spacial score (nSPS) is 16.3. The molecule has 1 aromatic carbocycles. The monoisotopic (exact) mass is 250 g/mol. The highest BCUT2D eigenvalue weighted by atomic mass is 16.5.